The Balaban J connectivity index is 0.000000236. The Labute approximate surface area is 288 Å². The Hall–Kier alpha value is -2.46. The molecule has 0 fully saturated rings. The maximum Gasteiger partial charge on any atom is 0.161 e. The summed E-state index contributed by atoms with van der Waals surface area (Å²) in [6, 6.07) is 26.0. The van der Waals surface area contributed by atoms with E-state index in [0.29, 0.717) is 18.1 Å². The van der Waals surface area contributed by atoms with Crippen molar-refractivity contribution in [1.29, 1.82) is 0 Å². The number of para-hydroxylation sites is 1. The molecule has 9 heteroatoms. The van der Waals surface area contributed by atoms with Gasteiger partial charge in [0.1, 0.15) is 5.75 Å². The van der Waals surface area contributed by atoms with Crippen LogP contribution in [0, 0.1) is 0 Å². The van der Waals surface area contributed by atoms with Gasteiger partial charge in [0.15, 0.2) is 11.5 Å². The van der Waals surface area contributed by atoms with Crippen LogP contribution in [0.25, 0.3) is 0 Å². The first-order valence-electron chi connectivity index (χ1n) is 13.6. The van der Waals surface area contributed by atoms with E-state index in [4.69, 9.17) is 14.2 Å². The van der Waals surface area contributed by atoms with Crippen LogP contribution in [0.1, 0.15) is 55.1 Å². The van der Waals surface area contributed by atoms with Crippen LogP contribution in [-0.4, -0.2) is 33.3 Å². The van der Waals surface area contributed by atoms with Gasteiger partial charge in [-0.05, 0) is 92.1 Å². The van der Waals surface area contributed by atoms with E-state index in [0.717, 1.165) is 45.9 Å². The third-order valence-electron chi connectivity index (χ3n) is 6.34. The van der Waals surface area contributed by atoms with Crippen LogP contribution in [0.5, 0.6) is 17.2 Å². The van der Waals surface area contributed by atoms with Gasteiger partial charge in [0.25, 0.3) is 0 Å². The second kappa shape index (κ2) is 17.7. The van der Waals surface area contributed by atoms with Gasteiger partial charge < -0.3 is 14.2 Å². The average Bonchev–Trinajstić information content (AvgIpc) is 2.99. The van der Waals surface area contributed by atoms with Crippen LogP contribution in [0.3, 0.4) is 0 Å². The van der Waals surface area contributed by atoms with Gasteiger partial charge in [0, 0.05) is 35.9 Å². The summed E-state index contributed by atoms with van der Waals surface area (Å²) >= 11 is 14.1. The minimum atomic E-state index is 0.0515. The fourth-order valence-electron chi connectivity index (χ4n) is 4.04. The first-order valence-corrected chi connectivity index (χ1v) is 16.7. The van der Waals surface area contributed by atoms with Crippen molar-refractivity contribution in [1.82, 2.24) is 0 Å². The molecular weight excluding hydrogens is 804 g/mol. The molecule has 0 amide bonds. The first-order chi connectivity index (χ1) is 20.7. The van der Waals surface area contributed by atoms with Crippen molar-refractivity contribution in [2.45, 2.75) is 32.9 Å². The van der Waals surface area contributed by atoms with Crippen LogP contribution < -0.4 is 14.2 Å². The van der Waals surface area contributed by atoms with Crippen LogP contribution >= 0.6 is 63.7 Å². The topological polar surface area (TPSA) is 52.4 Å². The fraction of sp³-hybridized carbons (Fsp3) is 0.235. The molecule has 0 heterocycles. The third kappa shape index (κ3) is 10.6. The zero-order valence-corrected chi connectivity index (χ0v) is 31.0. The summed E-state index contributed by atoms with van der Waals surface area (Å²) in [5.41, 5.74) is 4.26. The normalized spacial score (nSPS) is 12.5. The molecule has 4 aromatic carbocycles. The molecule has 2 atom stereocenters. The van der Waals surface area contributed by atoms with Crippen molar-refractivity contribution in [3.8, 4) is 17.2 Å². The smallest absolute Gasteiger partial charge is 0.161 e. The summed E-state index contributed by atoms with van der Waals surface area (Å²) in [6.45, 7) is 6.77. The quantitative estimate of drug-likeness (QED) is 0.150. The second-order valence-electron chi connectivity index (χ2n) is 9.33. The van der Waals surface area contributed by atoms with Gasteiger partial charge in [-0.2, -0.15) is 0 Å². The van der Waals surface area contributed by atoms with Crippen molar-refractivity contribution >= 4 is 76.1 Å². The second-order valence-corrected chi connectivity index (χ2v) is 12.9. The number of halogens is 4. The molecule has 2 unspecified atom stereocenters. The van der Waals surface area contributed by atoms with Gasteiger partial charge in [0.05, 0.1) is 32.9 Å². The van der Waals surface area contributed by atoms with Crippen LogP contribution in [0.2, 0.25) is 0 Å². The molecule has 4 rings (SSSR count). The Morgan fingerprint density at radius 3 is 1.74 bits per heavy atom. The standard InChI is InChI=1S/C17H17Br2NO2.C17H17Br2NO/c1-11(14-6-5-13(18)9-15(14)19)20-10-12-4-7-16(21-2)17(8-12)22-3;1-3-21-17-7-5-4-6-13(17)11-20-12(2)15-9-8-14(18)10-16(15)19/h4-11H,1-3H3;4-12H,3H2,1-2H3/b20-10-;20-11+. The van der Waals surface area contributed by atoms with Crippen LogP contribution in [-0.2, 0) is 0 Å². The predicted molar refractivity (Wildman–Crippen MR) is 193 cm³/mol. The molecule has 0 N–H and O–H groups in total. The van der Waals surface area contributed by atoms with Crippen molar-refractivity contribution in [2.75, 3.05) is 20.8 Å². The molecule has 0 aromatic heterocycles. The van der Waals surface area contributed by atoms with E-state index in [9.17, 15) is 0 Å². The summed E-state index contributed by atoms with van der Waals surface area (Å²) in [6.07, 6.45) is 3.73. The van der Waals surface area contributed by atoms with Crippen LogP contribution in [0.4, 0.5) is 0 Å². The Kier molecular flexibility index (Phi) is 14.4. The van der Waals surface area contributed by atoms with Gasteiger partial charge in [-0.3, -0.25) is 9.98 Å². The van der Waals surface area contributed by atoms with E-state index < -0.39 is 0 Å². The number of ether oxygens (including phenoxy) is 3. The molecular formula is C34H34Br4N2O3. The number of hydrogen-bond acceptors (Lipinski definition) is 5. The zero-order valence-electron chi connectivity index (χ0n) is 24.7. The minimum Gasteiger partial charge on any atom is -0.493 e. The summed E-state index contributed by atoms with van der Waals surface area (Å²) in [4.78, 5) is 9.27. The lowest BCUT2D eigenvalue weighted by Crippen LogP contribution is -1.97. The number of benzene rings is 4. The highest BCUT2D eigenvalue weighted by molar-refractivity contribution is 9.11. The third-order valence-corrected chi connectivity index (χ3v) is 8.70. The highest BCUT2D eigenvalue weighted by Crippen LogP contribution is 2.31. The van der Waals surface area contributed by atoms with Gasteiger partial charge in [-0.1, -0.05) is 88.0 Å². The van der Waals surface area contributed by atoms with Crippen molar-refractivity contribution in [3.05, 3.63) is 119 Å². The molecule has 0 saturated heterocycles. The maximum absolute atomic E-state index is 5.61. The lowest BCUT2D eigenvalue weighted by molar-refractivity contribution is 0.340. The molecule has 0 spiro atoms. The SMILES string of the molecule is CCOc1ccccc1/C=N/C(C)c1ccc(Br)cc1Br.COc1ccc(/C=N\C(C)c2ccc(Br)cc2Br)cc1OC. The number of hydrogen-bond donors (Lipinski definition) is 0. The van der Waals surface area contributed by atoms with Crippen LogP contribution in [0.15, 0.2) is 107 Å². The lowest BCUT2D eigenvalue weighted by Gasteiger charge is -2.10. The predicted octanol–water partition coefficient (Wildman–Crippen LogP) is 11.2. The number of methoxy groups -OCH3 is 2. The highest BCUT2D eigenvalue weighted by atomic mass is 79.9. The minimum absolute atomic E-state index is 0.0515. The highest BCUT2D eigenvalue weighted by Gasteiger charge is 2.10. The average molecular weight is 838 g/mol. The van der Waals surface area contributed by atoms with Crippen molar-refractivity contribution in [2.24, 2.45) is 9.98 Å². The number of rotatable bonds is 10. The number of aliphatic imine (C=N–C) groups is 2. The number of nitrogens with zero attached hydrogens (tertiary/aromatic N) is 2. The van der Waals surface area contributed by atoms with E-state index in [1.54, 1.807) is 14.2 Å². The molecule has 0 aliphatic heterocycles. The molecule has 226 valence electrons. The fourth-order valence-corrected chi connectivity index (χ4v) is 6.80. The molecule has 0 saturated carbocycles. The molecule has 4 aromatic rings. The summed E-state index contributed by atoms with van der Waals surface area (Å²) in [5, 5.41) is 0. The summed E-state index contributed by atoms with van der Waals surface area (Å²) < 4.78 is 20.3. The van der Waals surface area contributed by atoms with Crippen molar-refractivity contribution in [3.63, 3.8) is 0 Å². The molecule has 0 aliphatic rings. The first kappa shape index (κ1) is 35.0. The molecule has 5 nitrogen and oxygen atoms in total. The van der Waals surface area contributed by atoms with E-state index in [1.807, 2.05) is 86.1 Å². The molecule has 0 radical (unpaired) electrons. The maximum atomic E-state index is 5.61. The lowest BCUT2D eigenvalue weighted by atomic mass is 10.1. The van der Waals surface area contributed by atoms with E-state index in [-0.39, 0.29) is 12.1 Å². The summed E-state index contributed by atoms with van der Waals surface area (Å²) in [7, 11) is 3.25. The summed E-state index contributed by atoms with van der Waals surface area (Å²) in [5.74, 6) is 2.28. The van der Waals surface area contributed by atoms with Gasteiger partial charge >= 0.3 is 0 Å². The van der Waals surface area contributed by atoms with Gasteiger partial charge in [0.2, 0.25) is 0 Å². The van der Waals surface area contributed by atoms with Gasteiger partial charge in [-0.25, -0.2) is 0 Å². The van der Waals surface area contributed by atoms with E-state index in [1.165, 1.54) is 0 Å². The molecule has 43 heavy (non-hydrogen) atoms. The molecule has 0 bridgehead atoms. The zero-order chi connectivity index (χ0) is 31.4. The monoisotopic (exact) mass is 834 g/mol. The van der Waals surface area contributed by atoms with Crippen molar-refractivity contribution < 1.29 is 14.2 Å². The Morgan fingerprint density at radius 1 is 0.651 bits per heavy atom. The van der Waals surface area contributed by atoms with E-state index >= 15 is 0 Å². The molecule has 0 aliphatic carbocycles. The van der Waals surface area contributed by atoms with Gasteiger partial charge in [-0.15, -0.1) is 0 Å². The Bertz CT molecular complexity index is 1560. The Morgan fingerprint density at radius 2 is 1.21 bits per heavy atom. The van der Waals surface area contributed by atoms with E-state index in [2.05, 4.69) is 99.7 Å². The largest absolute Gasteiger partial charge is 0.493 e.